The Hall–Kier alpha value is -7.39. The highest BCUT2D eigenvalue weighted by Crippen LogP contribution is 2.43. The van der Waals surface area contributed by atoms with Gasteiger partial charge in [0.1, 0.15) is 0 Å². The Kier molecular flexibility index (Phi) is 6.56. The SMILES string of the molecule is [C-]#[N+]c1ccc2c3ccccc3n(-c3ccc([N+]#[C-])c(-c4ccccc4-c4ccccc4-n4c5ccccc5c5cc(C#N)ccc54)c3)c2c1. The van der Waals surface area contributed by atoms with Crippen LogP contribution < -0.4 is 0 Å². The van der Waals surface area contributed by atoms with E-state index in [1.165, 1.54) is 0 Å². The number of rotatable bonds is 4. The molecule has 0 atom stereocenters. The summed E-state index contributed by atoms with van der Waals surface area (Å²) in [5, 5.41) is 14.0. The highest BCUT2D eigenvalue weighted by atomic mass is 15.0. The van der Waals surface area contributed by atoms with Crippen LogP contribution in [0.3, 0.4) is 0 Å². The van der Waals surface area contributed by atoms with Gasteiger partial charge >= 0.3 is 0 Å². The lowest BCUT2D eigenvalue weighted by Crippen LogP contribution is -1.98. The molecule has 0 saturated carbocycles. The van der Waals surface area contributed by atoms with Crippen molar-refractivity contribution in [1.82, 2.24) is 9.13 Å². The van der Waals surface area contributed by atoms with Gasteiger partial charge in [0.15, 0.2) is 11.4 Å². The average Bonchev–Trinajstić information content (AvgIpc) is 3.69. The van der Waals surface area contributed by atoms with Gasteiger partial charge in [-0.2, -0.15) is 5.26 Å². The minimum Gasteiger partial charge on any atom is -0.311 e. The quantitative estimate of drug-likeness (QED) is 0.177. The van der Waals surface area contributed by atoms with E-state index in [1.54, 1.807) is 0 Å². The van der Waals surface area contributed by atoms with Gasteiger partial charge in [0.2, 0.25) is 0 Å². The molecule has 5 heteroatoms. The lowest BCUT2D eigenvalue weighted by atomic mass is 9.92. The maximum absolute atomic E-state index is 9.68. The van der Waals surface area contributed by atoms with Gasteiger partial charge < -0.3 is 9.13 Å². The van der Waals surface area contributed by atoms with Crippen LogP contribution in [-0.2, 0) is 0 Å². The molecule has 2 aromatic heterocycles. The van der Waals surface area contributed by atoms with Crippen LogP contribution in [0.15, 0.2) is 152 Å². The first-order valence-electron chi connectivity index (χ1n) is 16.2. The Labute approximate surface area is 288 Å². The Morgan fingerprint density at radius 2 is 1.08 bits per heavy atom. The number of hydrogen-bond donors (Lipinski definition) is 0. The summed E-state index contributed by atoms with van der Waals surface area (Å²) >= 11 is 0. The predicted octanol–water partition coefficient (Wildman–Crippen LogP) is 12.2. The van der Waals surface area contributed by atoms with E-state index in [9.17, 15) is 5.26 Å². The highest BCUT2D eigenvalue weighted by Gasteiger charge is 2.20. The zero-order chi connectivity index (χ0) is 33.8. The van der Waals surface area contributed by atoms with E-state index in [0.717, 1.165) is 77.2 Å². The first kappa shape index (κ1) is 28.8. The third-order valence-electron chi connectivity index (χ3n) is 9.60. The lowest BCUT2D eigenvalue weighted by Gasteiger charge is -2.18. The summed E-state index contributed by atoms with van der Waals surface area (Å²) in [6.45, 7) is 15.9. The second-order valence-corrected chi connectivity index (χ2v) is 12.2. The van der Waals surface area contributed by atoms with Crippen molar-refractivity contribution in [2.45, 2.75) is 0 Å². The number of aromatic nitrogens is 2. The summed E-state index contributed by atoms with van der Waals surface area (Å²) in [7, 11) is 0. The highest BCUT2D eigenvalue weighted by molar-refractivity contribution is 6.11. The molecule has 9 rings (SSSR count). The van der Waals surface area contributed by atoms with Gasteiger partial charge in [0, 0.05) is 38.3 Å². The third kappa shape index (κ3) is 4.31. The lowest BCUT2D eigenvalue weighted by molar-refractivity contribution is 1.18. The van der Waals surface area contributed by atoms with Crippen LogP contribution in [0.4, 0.5) is 11.4 Å². The van der Waals surface area contributed by atoms with E-state index in [2.05, 4.69) is 91.6 Å². The predicted molar refractivity (Wildman–Crippen MR) is 203 cm³/mol. The first-order chi connectivity index (χ1) is 24.7. The summed E-state index contributed by atoms with van der Waals surface area (Å²) in [6, 6.07) is 53.3. The molecule has 0 spiro atoms. The van der Waals surface area contributed by atoms with Gasteiger partial charge in [-0.25, -0.2) is 9.69 Å². The van der Waals surface area contributed by atoms with Crippen molar-refractivity contribution in [2.24, 2.45) is 0 Å². The molecule has 0 bridgehead atoms. The molecule has 9 aromatic rings. The van der Waals surface area contributed by atoms with Crippen LogP contribution in [0.5, 0.6) is 0 Å². The fourth-order valence-electron chi connectivity index (χ4n) is 7.43. The zero-order valence-corrected chi connectivity index (χ0v) is 26.7. The Morgan fingerprint density at radius 1 is 0.460 bits per heavy atom. The van der Waals surface area contributed by atoms with Crippen LogP contribution in [0.1, 0.15) is 5.56 Å². The van der Waals surface area contributed by atoms with Crippen LogP contribution >= 0.6 is 0 Å². The smallest absolute Gasteiger partial charge is 0.195 e. The van der Waals surface area contributed by atoms with Crippen molar-refractivity contribution in [2.75, 3.05) is 0 Å². The van der Waals surface area contributed by atoms with Gasteiger partial charge in [-0.3, -0.25) is 0 Å². The molecule has 0 aliphatic carbocycles. The second kappa shape index (κ2) is 11.4. The monoisotopic (exact) mass is 635 g/mol. The Bertz CT molecular complexity index is 2970. The summed E-state index contributed by atoms with van der Waals surface area (Å²) < 4.78 is 4.47. The van der Waals surface area contributed by atoms with E-state index in [-0.39, 0.29) is 0 Å². The maximum atomic E-state index is 9.68. The molecule has 7 aromatic carbocycles. The molecule has 2 heterocycles. The molecule has 0 fully saturated rings. The number of benzene rings is 7. The number of fused-ring (bicyclic) bond motifs is 6. The molecule has 0 aliphatic heterocycles. The fourth-order valence-corrected chi connectivity index (χ4v) is 7.43. The van der Waals surface area contributed by atoms with E-state index < -0.39 is 0 Å². The van der Waals surface area contributed by atoms with Crippen molar-refractivity contribution >= 4 is 55.0 Å². The molecular weight excluding hydrogens is 611 g/mol. The number of para-hydroxylation sites is 3. The van der Waals surface area contributed by atoms with Crippen LogP contribution in [0, 0.1) is 24.5 Å². The van der Waals surface area contributed by atoms with Gasteiger partial charge in [-0.05, 0) is 71.3 Å². The molecule has 5 nitrogen and oxygen atoms in total. The van der Waals surface area contributed by atoms with Gasteiger partial charge in [-0.15, -0.1) is 0 Å². The van der Waals surface area contributed by atoms with E-state index >= 15 is 0 Å². The van der Waals surface area contributed by atoms with E-state index in [1.807, 2.05) is 84.9 Å². The number of nitrogens with zero attached hydrogens (tertiary/aromatic N) is 5. The van der Waals surface area contributed by atoms with Crippen LogP contribution in [0.2, 0.25) is 0 Å². The number of hydrogen-bond acceptors (Lipinski definition) is 1. The number of nitriles is 1. The largest absolute Gasteiger partial charge is 0.311 e. The van der Waals surface area contributed by atoms with Crippen LogP contribution in [-0.4, -0.2) is 9.13 Å². The van der Waals surface area contributed by atoms with Gasteiger partial charge in [0.05, 0.1) is 47.0 Å². The van der Waals surface area contributed by atoms with E-state index in [0.29, 0.717) is 16.9 Å². The molecule has 0 aliphatic rings. The summed E-state index contributed by atoms with van der Waals surface area (Å²) in [6.07, 6.45) is 0. The van der Waals surface area contributed by atoms with Crippen molar-refractivity contribution in [3.8, 4) is 39.7 Å². The molecule has 0 radical (unpaired) electrons. The molecule has 0 amide bonds. The van der Waals surface area contributed by atoms with Crippen molar-refractivity contribution in [1.29, 1.82) is 5.26 Å². The van der Waals surface area contributed by atoms with E-state index in [4.69, 9.17) is 13.1 Å². The second-order valence-electron chi connectivity index (χ2n) is 12.2. The molecule has 0 saturated heterocycles. The average molecular weight is 636 g/mol. The van der Waals surface area contributed by atoms with Crippen LogP contribution in [0.25, 0.3) is 86.9 Å². The maximum Gasteiger partial charge on any atom is 0.195 e. The summed E-state index contributed by atoms with van der Waals surface area (Å²) in [5.41, 5.74) is 11.5. The topological polar surface area (TPSA) is 42.4 Å². The zero-order valence-electron chi connectivity index (χ0n) is 26.7. The normalized spacial score (nSPS) is 11.1. The standard InChI is InChI=1S/C45H25N5/c1-47-30-20-22-37-35-14-6-8-16-41(35)49(45(37)26-30)31-21-23-40(48-2)38(27-31)33-12-4-3-11-32(33)34-13-5-9-17-42(34)50-43-18-10-7-15-36(43)39-25-29(28-46)19-24-44(39)50/h3-27H. The molecular formula is C45H25N5. The molecule has 230 valence electrons. The van der Waals surface area contributed by atoms with Crippen molar-refractivity contribution in [3.05, 3.63) is 180 Å². The Morgan fingerprint density at radius 3 is 1.82 bits per heavy atom. The molecule has 50 heavy (non-hydrogen) atoms. The molecule has 0 unspecified atom stereocenters. The first-order valence-corrected chi connectivity index (χ1v) is 16.2. The fraction of sp³-hybridized carbons (Fsp3) is 0. The third-order valence-corrected chi connectivity index (χ3v) is 9.60. The van der Waals surface area contributed by atoms with Gasteiger partial charge in [-0.1, -0.05) is 97.1 Å². The minimum absolute atomic E-state index is 0.558. The summed E-state index contributed by atoms with van der Waals surface area (Å²) in [4.78, 5) is 7.72. The minimum atomic E-state index is 0.558. The Balaban J connectivity index is 1.30. The van der Waals surface area contributed by atoms with Crippen molar-refractivity contribution in [3.63, 3.8) is 0 Å². The van der Waals surface area contributed by atoms with Crippen molar-refractivity contribution < 1.29 is 0 Å². The molecule has 0 N–H and O–H groups in total. The summed E-state index contributed by atoms with van der Waals surface area (Å²) in [5.74, 6) is 0. The van der Waals surface area contributed by atoms with Gasteiger partial charge in [0.25, 0.3) is 0 Å².